The zero-order chi connectivity index (χ0) is 12.2. The lowest BCUT2D eigenvalue weighted by Crippen LogP contribution is -2.27. The van der Waals surface area contributed by atoms with Gasteiger partial charge in [-0.05, 0) is 6.92 Å². The van der Waals surface area contributed by atoms with Gasteiger partial charge in [0.1, 0.15) is 5.38 Å². The molecular formula is C7H13ClN4O3S. The normalized spacial score (nSPS) is 13.7. The third-order valence-electron chi connectivity index (χ3n) is 1.55. The van der Waals surface area contributed by atoms with Crippen LogP contribution in [0.3, 0.4) is 0 Å². The van der Waals surface area contributed by atoms with Gasteiger partial charge in [-0.15, -0.1) is 16.7 Å². The highest BCUT2D eigenvalue weighted by molar-refractivity contribution is 7.88. The average Bonchev–Trinajstić information content (AvgIpc) is 2.59. The molecule has 0 aliphatic rings. The van der Waals surface area contributed by atoms with E-state index in [-0.39, 0.29) is 17.9 Å². The second-order valence-corrected chi connectivity index (χ2v) is 5.64. The van der Waals surface area contributed by atoms with Crippen LogP contribution in [0.1, 0.15) is 18.2 Å². The summed E-state index contributed by atoms with van der Waals surface area (Å²) < 4.78 is 28.9. The van der Waals surface area contributed by atoms with Crippen molar-refractivity contribution in [3.05, 3.63) is 5.89 Å². The molecule has 0 amide bonds. The van der Waals surface area contributed by atoms with Crippen molar-refractivity contribution in [2.45, 2.75) is 12.3 Å². The Bertz CT molecular complexity index is 431. The van der Waals surface area contributed by atoms with Gasteiger partial charge >= 0.3 is 6.01 Å². The van der Waals surface area contributed by atoms with Crippen LogP contribution >= 0.6 is 11.6 Å². The lowest BCUT2D eigenvalue weighted by atomic mass is 10.5. The first kappa shape index (κ1) is 13.2. The van der Waals surface area contributed by atoms with Crippen LogP contribution in [-0.2, 0) is 10.0 Å². The minimum atomic E-state index is -3.16. The third kappa shape index (κ3) is 4.77. The quantitative estimate of drug-likeness (QED) is 0.570. The van der Waals surface area contributed by atoms with Crippen molar-refractivity contribution in [2.75, 3.05) is 24.7 Å². The molecule has 0 aliphatic carbocycles. The van der Waals surface area contributed by atoms with Crippen LogP contribution in [-0.4, -0.2) is 38.0 Å². The standard InChI is InChI=1S/C7H13ClN4O3S/c1-5(8)6-11-12-7(15-6)9-3-4-10-16(2,13)14/h5,10H,3-4H2,1-2H3,(H,9,12). The van der Waals surface area contributed by atoms with Gasteiger partial charge in [0, 0.05) is 13.1 Å². The Labute approximate surface area is 98.6 Å². The van der Waals surface area contributed by atoms with Gasteiger partial charge in [-0.2, -0.15) is 0 Å². The highest BCUT2D eigenvalue weighted by Gasteiger charge is 2.10. The van der Waals surface area contributed by atoms with E-state index in [1.54, 1.807) is 6.92 Å². The van der Waals surface area contributed by atoms with Gasteiger partial charge in [0.25, 0.3) is 0 Å². The number of hydrogen-bond donors (Lipinski definition) is 2. The number of rotatable bonds is 6. The topological polar surface area (TPSA) is 97.1 Å². The fourth-order valence-corrected chi connectivity index (χ4v) is 1.43. The van der Waals surface area contributed by atoms with E-state index >= 15 is 0 Å². The lowest BCUT2D eigenvalue weighted by molar-refractivity contribution is 0.505. The Hall–Kier alpha value is -0.860. The molecular weight excluding hydrogens is 256 g/mol. The van der Waals surface area contributed by atoms with Gasteiger partial charge in [-0.3, -0.25) is 0 Å². The van der Waals surface area contributed by atoms with E-state index in [0.717, 1.165) is 6.26 Å². The van der Waals surface area contributed by atoms with Crippen LogP contribution in [0.25, 0.3) is 0 Å². The predicted octanol–water partition coefficient (Wildman–Crippen LogP) is 0.331. The molecule has 1 rings (SSSR count). The fraction of sp³-hybridized carbons (Fsp3) is 0.714. The zero-order valence-corrected chi connectivity index (χ0v) is 10.5. The summed E-state index contributed by atoms with van der Waals surface area (Å²) in [4.78, 5) is 0. The van der Waals surface area contributed by atoms with E-state index in [4.69, 9.17) is 16.0 Å². The van der Waals surface area contributed by atoms with Gasteiger partial charge in [0.2, 0.25) is 15.9 Å². The van der Waals surface area contributed by atoms with Crippen molar-refractivity contribution < 1.29 is 12.8 Å². The number of nitrogens with zero attached hydrogens (tertiary/aromatic N) is 2. The fourth-order valence-electron chi connectivity index (χ4n) is 0.873. The average molecular weight is 269 g/mol. The highest BCUT2D eigenvalue weighted by Crippen LogP contribution is 2.18. The second-order valence-electron chi connectivity index (χ2n) is 3.15. The molecule has 1 aromatic heterocycles. The highest BCUT2D eigenvalue weighted by atomic mass is 35.5. The van der Waals surface area contributed by atoms with E-state index in [1.807, 2.05) is 0 Å². The first-order chi connectivity index (χ1) is 7.38. The molecule has 0 bridgehead atoms. The number of aromatic nitrogens is 2. The van der Waals surface area contributed by atoms with E-state index in [2.05, 4.69) is 20.2 Å². The Morgan fingerprint density at radius 1 is 1.44 bits per heavy atom. The number of nitrogens with one attached hydrogen (secondary N) is 2. The monoisotopic (exact) mass is 268 g/mol. The molecule has 0 fully saturated rings. The Kier molecular flexibility index (Phi) is 4.51. The SMILES string of the molecule is CC(Cl)c1nnc(NCCNS(C)(=O)=O)o1. The van der Waals surface area contributed by atoms with Crippen molar-refractivity contribution in [1.29, 1.82) is 0 Å². The Morgan fingerprint density at radius 2 is 2.12 bits per heavy atom. The maximum atomic E-state index is 10.7. The molecule has 1 atom stereocenters. The first-order valence-electron chi connectivity index (χ1n) is 4.54. The molecule has 92 valence electrons. The molecule has 1 unspecified atom stereocenters. The smallest absolute Gasteiger partial charge is 0.315 e. The van der Waals surface area contributed by atoms with Gasteiger partial charge in [-0.25, -0.2) is 13.1 Å². The summed E-state index contributed by atoms with van der Waals surface area (Å²) in [5.41, 5.74) is 0. The van der Waals surface area contributed by atoms with Crippen molar-refractivity contribution in [1.82, 2.24) is 14.9 Å². The van der Waals surface area contributed by atoms with Crippen molar-refractivity contribution in [2.24, 2.45) is 0 Å². The minimum absolute atomic E-state index is 0.220. The summed E-state index contributed by atoms with van der Waals surface area (Å²) >= 11 is 5.72. The van der Waals surface area contributed by atoms with Crippen LogP contribution in [0.5, 0.6) is 0 Å². The maximum Gasteiger partial charge on any atom is 0.315 e. The lowest BCUT2D eigenvalue weighted by Gasteiger charge is -2.01. The van der Waals surface area contributed by atoms with E-state index in [0.29, 0.717) is 12.4 Å². The zero-order valence-electron chi connectivity index (χ0n) is 8.90. The van der Waals surface area contributed by atoms with E-state index in [9.17, 15) is 8.42 Å². The van der Waals surface area contributed by atoms with E-state index in [1.165, 1.54) is 0 Å². The number of anilines is 1. The van der Waals surface area contributed by atoms with Gasteiger partial charge in [-0.1, -0.05) is 5.10 Å². The first-order valence-corrected chi connectivity index (χ1v) is 6.87. The summed E-state index contributed by atoms with van der Waals surface area (Å²) in [5, 5.41) is 9.79. The van der Waals surface area contributed by atoms with Gasteiger partial charge in [0.05, 0.1) is 6.26 Å². The van der Waals surface area contributed by atoms with Gasteiger partial charge in [0.15, 0.2) is 0 Å². The number of hydrogen-bond acceptors (Lipinski definition) is 6. The molecule has 0 spiro atoms. The minimum Gasteiger partial charge on any atom is -0.407 e. The van der Waals surface area contributed by atoms with E-state index < -0.39 is 10.0 Å². The summed E-state index contributed by atoms with van der Waals surface area (Å²) in [7, 11) is -3.16. The number of halogens is 1. The van der Waals surface area contributed by atoms with Gasteiger partial charge < -0.3 is 9.73 Å². The molecule has 7 nitrogen and oxygen atoms in total. The third-order valence-corrected chi connectivity index (χ3v) is 2.46. The van der Waals surface area contributed by atoms with Crippen LogP contribution in [0.2, 0.25) is 0 Å². The molecule has 0 saturated carbocycles. The number of sulfonamides is 1. The predicted molar refractivity (Wildman–Crippen MR) is 59.9 cm³/mol. The maximum absolute atomic E-state index is 10.7. The van der Waals surface area contributed by atoms with Crippen LogP contribution in [0, 0.1) is 0 Å². The molecule has 9 heteroatoms. The Morgan fingerprint density at radius 3 is 2.62 bits per heavy atom. The molecule has 0 aliphatic heterocycles. The second kappa shape index (κ2) is 5.46. The Balaban J connectivity index is 2.32. The summed E-state index contributed by atoms with van der Waals surface area (Å²) in [6.07, 6.45) is 1.09. The van der Waals surface area contributed by atoms with Crippen LogP contribution in [0.15, 0.2) is 4.42 Å². The summed E-state index contributed by atoms with van der Waals surface area (Å²) in [6, 6.07) is 0.220. The summed E-state index contributed by atoms with van der Waals surface area (Å²) in [6.45, 7) is 2.31. The molecule has 1 aromatic rings. The van der Waals surface area contributed by atoms with Crippen LogP contribution < -0.4 is 10.0 Å². The number of alkyl halides is 1. The van der Waals surface area contributed by atoms with Crippen molar-refractivity contribution in [3.63, 3.8) is 0 Å². The van der Waals surface area contributed by atoms with Crippen molar-refractivity contribution in [3.8, 4) is 0 Å². The summed E-state index contributed by atoms with van der Waals surface area (Å²) in [5.74, 6) is 0.320. The molecule has 16 heavy (non-hydrogen) atoms. The molecule has 0 radical (unpaired) electrons. The van der Waals surface area contributed by atoms with Crippen molar-refractivity contribution >= 4 is 27.6 Å². The largest absolute Gasteiger partial charge is 0.407 e. The van der Waals surface area contributed by atoms with Crippen LogP contribution in [0.4, 0.5) is 6.01 Å². The molecule has 2 N–H and O–H groups in total. The molecule has 1 heterocycles. The molecule has 0 saturated heterocycles. The molecule has 0 aromatic carbocycles.